The molecule has 1 heterocycles. The van der Waals surface area contributed by atoms with Crippen LogP contribution in [0.15, 0.2) is 65.7 Å². The molecule has 2 aromatic carbocycles. The van der Waals surface area contributed by atoms with Crippen LogP contribution in [-0.2, 0) is 5.66 Å². The van der Waals surface area contributed by atoms with Crippen molar-refractivity contribution in [2.75, 3.05) is 0 Å². The molecule has 4 nitrogen and oxygen atoms in total. The zero-order valence-corrected chi connectivity index (χ0v) is 13.7. The Bertz CT molecular complexity index is 997. The molecule has 0 saturated heterocycles. The van der Waals surface area contributed by atoms with Crippen molar-refractivity contribution in [1.29, 1.82) is 0 Å². The highest BCUT2D eigenvalue weighted by molar-refractivity contribution is 6.29. The van der Waals surface area contributed by atoms with E-state index in [0.29, 0.717) is 27.8 Å². The number of hydrogen-bond donors (Lipinski definition) is 1. The fraction of sp³-hybridized carbons (Fsp3) is 0.0952. The smallest absolute Gasteiger partial charge is 0.194 e. The summed E-state index contributed by atoms with van der Waals surface area (Å²) in [7, 11) is 0. The van der Waals surface area contributed by atoms with Gasteiger partial charge in [-0.05, 0) is 24.6 Å². The van der Waals surface area contributed by atoms with Crippen LogP contribution in [0.3, 0.4) is 0 Å². The lowest BCUT2D eigenvalue weighted by molar-refractivity contribution is 0.0977. The number of benzene rings is 2. The van der Waals surface area contributed by atoms with Crippen LogP contribution in [0.25, 0.3) is 0 Å². The predicted octanol–water partition coefficient (Wildman–Crippen LogP) is 3.08. The number of carbonyl (C=O) groups is 2. The first kappa shape index (κ1) is 15.4. The van der Waals surface area contributed by atoms with E-state index in [1.54, 1.807) is 54.8 Å². The lowest BCUT2D eigenvalue weighted by Gasteiger charge is -2.28. The van der Waals surface area contributed by atoms with E-state index in [-0.39, 0.29) is 11.6 Å². The fourth-order valence-corrected chi connectivity index (χ4v) is 3.43. The number of carbonyl (C=O) groups excluding carboxylic acids is 2. The Morgan fingerprint density at radius 3 is 2.36 bits per heavy atom. The lowest BCUT2D eigenvalue weighted by atomic mass is 9.78. The minimum absolute atomic E-state index is 0.146. The highest BCUT2D eigenvalue weighted by Gasteiger charge is 2.37. The summed E-state index contributed by atoms with van der Waals surface area (Å²) in [5.41, 5.74) is 8.25. The molecule has 4 heteroatoms. The zero-order chi connectivity index (χ0) is 17.6. The molecular weight excluding hydrogens is 312 g/mol. The minimum atomic E-state index is -1.19. The summed E-state index contributed by atoms with van der Waals surface area (Å²) in [5, 5.41) is 0. The van der Waals surface area contributed by atoms with E-state index in [1.807, 2.05) is 19.1 Å². The van der Waals surface area contributed by atoms with Crippen molar-refractivity contribution in [3.05, 3.63) is 94.1 Å². The summed E-state index contributed by atoms with van der Waals surface area (Å²) in [4.78, 5) is 30.6. The van der Waals surface area contributed by atoms with Crippen LogP contribution >= 0.6 is 0 Å². The second-order valence-electron chi connectivity index (χ2n) is 6.23. The molecule has 122 valence electrons. The zero-order valence-electron chi connectivity index (χ0n) is 13.7. The average molecular weight is 328 g/mol. The third kappa shape index (κ3) is 2.22. The molecule has 0 saturated carbocycles. The van der Waals surface area contributed by atoms with Crippen molar-refractivity contribution < 1.29 is 9.59 Å². The van der Waals surface area contributed by atoms with Gasteiger partial charge in [0.05, 0.1) is 0 Å². The molecule has 0 aromatic heterocycles. The summed E-state index contributed by atoms with van der Waals surface area (Å²) in [6.07, 6.45) is 8.71. The number of nitrogens with two attached hydrogens (primary N) is 1. The normalized spacial score (nSPS) is 21.0. The van der Waals surface area contributed by atoms with Crippen molar-refractivity contribution in [1.82, 2.24) is 0 Å². The summed E-state index contributed by atoms with van der Waals surface area (Å²) in [6, 6.07) is 10.5. The molecule has 0 radical (unpaired) electrons. The molecule has 4 rings (SSSR count). The number of aryl methyl sites for hydroxylation is 1. The number of allylic oxidation sites excluding steroid dienone is 3. The predicted molar refractivity (Wildman–Crippen MR) is 97.1 cm³/mol. The highest BCUT2D eigenvalue weighted by Crippen LogP contribution is 2.35. The van der Waals surface area contributed by atoms with Crippen molar-refractivity contribution in [2.24, 2.45) is 10.7 Å². The summed E-state index contributed by atoms with van der Waals surface area (Å²) in [5.74, 6) is -0.331. The Balaban J connectivity index is 2.00. The largest absolute Gasteiger partial charge is 0.300 e. The first-order chi connectivity index (χ1) is 12.0. The summed E-state index contributed by atoms with van der Waals surface area (Å²) in [6.45, 7) is 1.84. The van der Waals surface area contributed by atoms with Crippen LogP contribution in [0.4, 0.5) is 0 Å². The van der Waals surface area contributed by atoms with E-state index in [9.17, 15) is 9.59 Å². The van der Waals surface area contributed by atoms with Crippen LogP contribution in [0.5, 0.6) is 0 Å². The Labute approximate surface area is 145 Å². The van der Waals surface area contributed by atoms with Crippen LogP contribution < -0.4 is 5.73 Å². The summed E-state index contributed by atoms with van der Waals surface area (Å²) < 4.78 is 0. The Morgan fingerprint density at radius 2 is 1.56 bits per heavy atom. The molecular formula is C21H16N2O2. The number of hydrogen-bond acceptors (Lipinski definition) is 4. The number of ketones is 2. The SMILES string of the molecule is Cc1cccc2c1C(=O)c1cccc(C3(N)C=CC=CC=N3)c1C2=O. The Hall–Kier alpha value is -3.11. The molecule has 0 bridgehead atoms. The van der Waals surface area contributed by atoms with Crippen LogP contribution in [-0.4, -0.2) is 17.8 Å². The number of fused-ring (bicyclic) bond motifs is 2. The molecule has 1 aliphatic carbocycles. The van der Waals surface area contributed by atoms with Gasteiger partial charge in [0.1, 0.15) is 0 Å². The van der Waals surface area contributed by atoms with E-state index in [0.717, 1.165) is 5.56 Å². The van der Waals surface area contributed by atoms with Gasteiger partial charge in [-0.1, -0.05) is 48.6 Å². The van der Waals surface area contributed by atoms with E-state index in [2.05, 4.69) is 4.99 Å². The van der Waals surface area contributed by atoms with Crippen LogP contribution in [0.1, 0.15) is 43.0 Å². The molecule has 1 unspecified atom stereocenters. The first-order valence-electron chi connectivity index (χ1n) is 8.04. The van der Waals surface area contributed by atoms with Gasteiger partial charge in [0.2, 0.25) is 0 Å². The quantitative estimate of drug-likeness (QED) is 0.746. The van der Waals surface area contributed by atoms with Crippen molar-refractivity contribution in [3.8, 4) is 0 Å². The molecule has 0 amide bonds. The first-order valence-corrected chi connectivity index (χ1v) is 8.04. The topological polar surface area (TPSA) is 72.5 Å². The molecule has 2 aliphatic rings. The van der Waals surface area contributed by atoms with E-state index in [1.165, 1.54) is 0 Å². The summed E-state index contributed by atoms with van der Waals surface area (Å²) >= 11 is 0. The number of nitrogens with zero attached hydrogens (tertiary/aromatic N) is 1. The van der Waals surface area contributed by atoms with E-state index < -0.39 is 5.66 Å². The van der Waals surface area contributed by atoms with Crippen LogP contribution in [0, 0.1) is 6.92 Å². The monoisotopic (exact) mass is 328 g/mol. The second kappa shape index (κ2) is 5.46. The lowest BCUT2D eigenvalue weighted by Crippen LogP contribution is -2.36. The molecule has 2 aromatic rings. The fourth-order valence-electron chi connectivity index (χ4n) is 3.43. The van der Waals surface area contributed by atoms with Gasteiger partial charge >= 0.3 is 0 Å². The number of aliphatic imine (C=N–C) groups is 1. The Morgan fingerprint density at radius 1 is 0.880 bits per heavy atom. The standard InChI is InChI=1S/C21H16N2O2/c1-13-7-5-8-14-17(13)19(24)15-9-6-10-16(18(15)20(14)25)21(22)11-3-2-4-12-23-21/h2-12H,22H2,1H3. The van der Waals surface area contributed by atoms with Crippen molar-refractivity contribution >= 4 is 17.8 Å². The number of rotatable bonds is 1. The van der Waals surface area contributed by atoms with Gasteiger partial charge in [0, 0.05) is 34.0 Å². The van der Waals surface area contributed by atoms with E-state index in [4.69, 9.17) is 5.73 Å². The molecule has 2 N–H and O–H groups in total. The maximum absolute atomic E-state index is 13.2. The van der Waals surface area contributed by atoms with Gasteiger partial charge in [-0.15, -0.1) is 0 Å². The minimum Gasteiger partial charge on any atom is -0.300 e. The van der Waals surface area contributed by atoms with Gasteiger partial charge in [0.25, 0.3) is 0 Å². The maximum atomic E-state index is 13.2. The second-order valence-corrected chi connectivity index (χ2v) is 6.23. The third-order valence-corrected chi connectivity index (χ3v) is 4.66. The Kier molecular flexibility index (Phi) is 3.37. The van der Waals surface area contributed by atoms with Crippen molar-refractivity contribution in [3.63, 3.8) is 0 Å². The molecule has 1 aliphatic heterocycles. The molecule has 0 fully saturated rings. The van der Waals surface area contributed by atoms with Gasteiger partial charge in [-0.25, -0.2) is 0 Å². The molecule has 1 atom stereocenters. The van der Waals surface area contributed by atoms with Gasteiger partial charge in [-0.3, -0.25) is 14.6 Å². The molecule has 0 spiro atoms. The average Bonchev–Trinajstić information content (AvgIpc) is 2.84. The van der Waals surface area contributed by atoms with Crippen LogP contribution in [0.2, 0.25) is 0 Å². The van der Waals surface area contributed by atoms with Gasteiger partial charge in [-0.2, -0.15) is 0 Å². The highest BCUT2D eigenvalue weighted by atomic mass is 16.1. The maximum Gasteiger partial charge on any atom is 0.194 e. The van der Waals surface area contributed by atoms with E-state index >= 15 is 0 Å². The third-order valence-electron chi connectivity index (χ3n) is 4.66. The van der Waals surface area contributed by atoms with Gasteiger partial charge in [0.15, 0.2) is 17.2 Å². The molecule has 25 heavy (non-hydrogen) atoms. The van der Waals surface area contributed by atoms with Crippen molar-refractivity contribution in [2.45, 2.75) is 12.6 Å². The van der Waals surface area contributed by atoms with Gasteiger partial charge < -0.3 is 5.73 Å².